The molecule has 0 aliphatic heterocycles. The summed E-state index contributed by atoms with van der Waals surface area (Å²) in [6, 6.07) is 43.7. The zero-order valence-corrected chi connectivity index (χ0v) is 18.5. The molecule has 0 fully saturated rings. The third-order valence-corrected chi connectivity index (χ3v) is 9.25. The van der Waals surface area contributed by atoms with Gasteiger partial charge in [-0.05, 0) is 47.9 Å². The molecule has 0 heterocycles. The fourth-order valence-electron chi connectivity index (χ4n) is 3.97. The summed E-state index contributed by atoms with van der Waals surface area (Å²) in [5, 5.41) is 6.19. The molecule has 0 unspecified atom stereocenters. The Morgan fingerprint density at radius 2 is 0.935 bits per heavy atom. The van der Waals surface area contributed by atoms with E-state index in [0.29, 0.717) is 5.02 Å². The van der Waals surface area contributed by atoms with Crippen molar-refractivity contribution in [2.45, 2.75) is 0 Å². The summed E-state index contributed by atoms with van der Waals surface area (Å²) in [6.45, 7) is 0. The van der Waals surface area contributed by atoms with Crippen LogP contribution in [0.1, 0.15) is 0 Å². The Hall–Kier alpha value is -3.12. The van der Waals surface area contributed by atoms with Crippen LogP contribution in [-0.4, -0.2) is 0 Å². The molecule has 0 saturated carbocycles. The highest BCUT2D eigenvalue weighted by molar-refractivity contribution is 7.92. The molecular formula is C28H21ClOP+. The van der Waals surface area contributed by atoms with E-state index in [4.69, 9.17) is 16.1 Å². The first-order valence-electron chi connectivity index (χ1n) is 10.2. The number of fused-ring (bicyclic) bond motifs is 1. The van der Waals surface area contributed by atoms with Gasteiger partial charge >= 0.3 is 0 Å². The van der Waals surface area contributed by atoms with Gasteiger partial charge in [-0.1, -0.05) is 96.5 Å². The number of hydrogen-bond acceptors (Lipinski definition) is 1. The molecule has 5 aromatic rings. The SMILES string of the molecule is Clc1ccc2ccccc2c1O[P+](c1ccccc1)(c1ccccc1)c1ccccc1. The lowest BCUT2D eigenvalue weighted by atomic mass is 10.1. The molecule has 3 heteroatoms. The Kier molecular flexibility index (Phi) is 5.47. The number of halogens is 1. The van der Waals surface area contributed by atoms with Crippen molar-refractivity contribution >= 4 is 45.8 Å². The Morgan fingerprint density at radius 3 is 1.45 bits per heavy atom. The quantitative estimate of drug-likeness (QED) is 0.274. The van der Waals surface area contributed by atoms with Gasteiger partial charge in [0.1, 0.15) is 15.9 Å². The van der Waals surface area contributed by atoms with Crippen molar-refractivity contribution in [3.8, 4) is 5.75 Å². The average Bonchev–Trinajstić information content (AvgIpc) is 2.85. The summed E-state index contributed by atoms with van der Waals surface area (Å²) in [5.74, 6) is 0.727. The normalized spacial score (nSPS) is 11.4. The molecule has 1 nitrogen and oxygen atoms in total. The van der Waals surface area contributed by atoms with Gasteiger partial charge in [0.25, 0.3) is 7.49 Å². The lowest BCUT2D eigenvalue weighted by Gasteiger charge is -2.27. The first-order valence-corrected chi connectivity index (χ1v) is 12.3. The molecule has 0 radical (unpaired) electrons. The first-order chi connectivity index (χ1) is 15.3. The molecule has 0 aromatic heterocycles. The number of hydrogen-bond donors (Lipinski definition) is 0. The maximum atomic E-state index is 7.18. The van der Waals surface area contributed by atoms with Crippen LogP contribution in [0.4, 0.5) is 0 Å². The molecule has 0 aliphatic rings. The molecule has 5 aromatic carbocycles. The number of rotatable bonds is 5. The fraction of sp³-hybridized carbons (Fsp3) is 0. The highest BCUT2D eigenvalue weighted by atomic mass is 35.5. The summed E-state index contributed by atoms with van der Waals surface area (Å²) in [5.41, 5.74) is 0. The second-order valence-corrected chi connectivity index (χ2v) is 10.7. The molecule has 5 rings (SSSR count). The van der Waals surface area contributed by atoms with Gasteiger partial charge in [0.15, 0.2) is 0 Å². The van der Waals surface area contributed by atoms with E-state index < -0.39 is 7.49 Å². The lowest BCUT2D eigenvalue weighted by molar-refractivity contribution is 0.628. The largest absolute Gasteiger partial charge is 0.332 e. The summed E-state index contributed by atoms with van der Waals surface area (Å²) in [4.78, 5) is 0. The van der Waals surface area contributed by atoms with Crippen LogP contribution in [0.2, 0.25) is 5.02 Å². The van der Waals surface area contributed by atoms with Crippen LogP contribution in [0.15, 0.2) is 127 Å². The minimum atomic E-state index is -2.49. The molecular weight excluding hydrogens is 419 g/mol. The maximum Gasteiger partial charge on any atom is 0.287 e. The zero-order valence-electron chi connectivity index (χ0n) is 16.9. The maximum absolute atomic E-state index is 7.18. The summed E-state index contributed by atoms with van der Waals surface area (Å²) in [7, 11) is -2.49. The van der Waals surface area contributed by atoms with E-state index in [9.17, 15) is 0 Å². The lowest BCUT2D eigenvalue weighted by Crippen LogP contribution is -2.34. The van der Waals surface area contributed by atoms with E-state index in [-0.39, 0.29) is 0 Å². The van der Waals surface area contributed by atoms with Crippen molar-refractivity contribution in [3.05, 3.63) is 132 Å². The Balaban J connectivity index is 1.85. The van der Waals surface area contributed by atoms with E-state index in [1.54, 1.807) is 0 Å². The van der Waals surface area contributed by atoms with Gasteiger partial charge in [0, 0.05) is 5.39 Å². The predicted octanol–water partition coefficient (Wildman–Crippen LogP) is 6.78. The first kappa shape index (κ1) is 19.8. The highest BCUT2D eigenvalue weighted by Crippen LogP contribution is 2.58. The molecule has 0 amide bonds. The van der Waals surface area contributed by atoms with Crippen LogP contribution in [0.5, 0.6) is 5.75 Å². The summed E-state index contributed by atoms with van der Waals surface area (Å²) in [6.07, 6.45) is 0. The number of benzene rings is 5. The fourth-order valence-corrected chi connectivity index (χ4v) is 7.68. The van der Waals surface area contributed by atoms with Crippen LogP contribution < -0.4 is 20.4 Å². The molecule has 0 bridgehead atoms. The van der Waals surface area contributed by atoms with Crippen molar-refractivity contribution in [2.24, 2.45) is 0 Å². The Bertz CT molecular complexity index is 1210. The average molecular weight is 440 g/mol. The zero-order chi connectivity index (χ0) is 21.1. The van der Waals surface area contributed by atoms with E-state index in [0.717, 1.165) is 32.4 Å². The van der Waals surface area contributed by atoms with Crippen molar-refractivity contribution in [3.63, 3.8) is 0 Å². The van der Waals surface area contributed by atoms with Gasteiger partial charge in [0.05, 0.1) is 5.02 Å². The van der Waals surface area contributed by atoms with E-state index in [1.165, 1.54) is 0 Å². The van der Waals surface area contributed by atoms with Crippen molar-refractivity contribution in [1.82, 2.24) is 0 Å². The Labute approximate surface area is 188 Å². The van der Waals surface area contributed by atoms with Crippen LogP contribution in [0.3, 0.4) is 0 Å². The van der Waals surface area contributed by atoms with Crippen LogP contribution in [0.25, 0.3) is 10.8 Å². The molecule has 31 heavy (non-hydrogen) atoms. The second-order valence-electron chi connectivity index (χ2n) is 7.30. The molecule has 0 atom stereocenters. The van der Waals surface area contributed by atoms with Crippen LogP contribution in [0, 0.1) is 0 Å². The van der Waals surface area contributed by atoms with Gasteiger partial charge in [-0.3, -0.25) is 0 Å². The molecule has 0 aliphatic carbocycles. The predicted molar refractivity (Wildman–Crippen MR) is 135 cm³/mol. The molecule has 0 saturated heterocycles. The van der Waals surface area contributed by atoms with Crippen molar-refractivity contribution in [2.75, 3.05) is 0 Å². The monoisotopic (exact) mass is 439 g/mol. The van der Waals surface area contributed by atoms with Crippen molar-refractivity contribution in [1.29, 1.82) is 0 Å². The van der Waals surface area contributed by atoms with Gasteiger partial charge in [-0.2, -0.15) is 0 Å². The van der Waals surface area contributed by atoms with Gasteiger partial charge < -0.3 is 4.52 Å². The van der Waals surface area contributed by atoms with Crippen molar-refractivity contribution < 1.29 is 4.52 Å². The topological polar surface area (TPSA) is 9.23 Å². The van der Waals surface area contributed by atoms with Gasteiger partial charge in [0.2, 0.25) is 5.75 Å². The highest BCUT2D eigenvalue weighted by Gasteiger charge is 2.50. The molecule has 150 valence electrons. The van der Waals surface area contributed by atoms with E-state index in [1.807, 2.05) is 42.5 Å². The standard InChI is InChI=1S/C28H21ClOP/c29-27-21-20-22-12-10-11-19-26(22)28(27)30-31(23-13-4-1-5-14-23,24-15-6-2-7-16-24)25-17-8-3-9-18-25/h1-21H/q+1. The molecule has 0 spiro atoms. The smallest absolute Gasteiger partial charge is 0.287 e. The van der Waals surface area contributed by atoms with Gasteiger partial charge in [-0.25, -0.2) is 0 Å². The third kappa shape index (κ3) is 3.61. The minimum Gasteiger partial charge on any atom is -0.332 e. The molecule has 0 N–H and O–H groups in total. The van der Waals surface area contributed by atoms with Crippen LogP contribution in [-0.2, 0) is 0 Å². The van der Waals surface area contributed by atoms with E-state index >= 15 is 0 Å². The van der Waals surface area contributed by atoms with Crippen LogP contribution >= 0.6 is 19.1 Å². The minimum absolute atomic E-state index is 0.617. The second kappa shape index (κ2) is 8.55. The van der Waals surface area contributed by atoms with E-state index in [2.05, 4.69) is 84.9 Å². The third-order valence-electron chi connectivity index (χ3n) is 5.42. The Morgan fingerprint density at radius 1 is 0.484 bits per heavy atom. The summed E-state index contributed by atoms with van der Waals surface area (Å²) >= 11 is 6.76. The summed E-state index contributed by atoms with van der Waals surface area (Å²) < 4.78 is 7.18. The van der Waals surface area contributed by atoms with Gasteiger partial charge in [-0.15, -0.1) is 0 Å².